The molecule has 0 spiro atoms. The lowest BCUT2D eigenvalue weighted by Gasteiger charge is -2.20. The summed E-state index contributed by atoms with van der Waals surface area (Å²) in [6, 6.07) is 6.01. The van der Waals surface area contributed by atoms with Gasteiger partial charge in [-0.2, -0.15) is 0 Å². The Kier molecular flexibility index (Phi) is 6.34. The first-order chi connectivity index (χ1) is 9.18. The Morgan fingerprint density at radius 1 is 1.00 bits per heavy atom. The standard InChI is InChI=1S/C15H21NO.C2H4/c1-12-7-8-14(11-13(12)2)15(17)16-9-5-3-4-6-10-16;1-2/h7-8,11H,3-6,9-10H2,1-2H3;1-2H2. The fraction of sp³-hybridized carbons (Fsp3) is 0.471. The Morgan fingerprint density at radius 3 is 2.11 bits per heavy atom. The number of hydrogen-bond donors (Lipinski definition) is 0. The Hall–Kier alpha value is -1.57. The fourth-order valence-electron chi connectivity index (χ4n) is 2.33. The van der Waals surface area contributed by atoms with E-state index in [0.29, 0.717) is 0 Å². The van der Waals surface area contributed by atoms with E-state index in [-0.39, 0.29) is 5.91 Å². The molecule has 0 saturated carbocycles. The summed E-state index contributed by atoms with van der Waals surface area (Å²) in [6.45, 7) is 12.0. The number of likely N-dealkylation sites (tertiary alicyclic amines) is 1. The van der Waals surface area contributed by atoms with Gasteiger partial charge in [0.1, 0.15) is 0 Å². The highest BCUT2D eigenvalue weighted by atomic mass is 16.2. The zero-order chi connectivity index (χ0) is 14.3. The Balaban J connectivity index is 0.000000861. The quantitative estimate of drug-likeness (QED) is 0.695. The van der Waals surface area contributed by atoms with E-state index in [2.05, 4.69) is 27.0 Å². The molecule has 2 nitrogen and oxygen atoms in total. The van der Waals surface area contributed by atoms with Gasteiger partial charge < -0.3 is 4.90 Å². The normalized spacial score (nSPS) is 15.2. The highest BCUT2D eigenvalue weighted by Gasteiger charge is 2.17. The van der Waals surface area contributed by atoms with Crippen molar-refractivity contribution in [3.05, 3.63) is 48.0 Å². The number of nitrogens with zero attached hydrogens (tertiary/aromatic N) is 1. The SMILES string of the molecule is C=C.Cc1ccc(C(=O)N2CCCCCC2)cc1C. The molecule has 19 heavy (non-hydrogen) atoms. The highest BCUT2D eigenvalue weighted by Crippen LogP contribution is 2.15. The van der Waals surface area contributed by atoms with Crippen molar-refractivity contribution >= 4 is 5.91 Å². The summed E-state index contributed by atoms with van der Waals surface area (Å²) in [5.74, 6) is 0.204. The topological polar surface area (TPSA) is 20.3 Å². The van der Waals surface area contributed by atoms with Crippen LogP contribution in [0.15, 0.2) is 31.4 Å². The maximum atomic E-state index is 12.3. The summed E-state index contributed by atoms with van der Waals surface area (Å²) in [7, 11) is 0. The molecule has 1 amide bonds. The molecule has 1 saturated heterocycles. The predicted molar refractivity (Wildman–Crippen MR) is 81.5 cm³/mol. The molecule has 1 heterocycles. The van der Waals surface area contributed by atoms with Crippen molar-refractivity contribution in [2.45, 2.75) is 39.5 Å². The smallest absolute Gasteiger partial charge is 0.253 e. The summed E-state index contributed by atoms with van der Waals surface area (Å²) in [5, 5.41) is 0. The molecule has 0 bridgehead atoms. The Labute approximate surface area is 117 Å². The first-order valence-corrected chi connectivity index (χ1v) is 7.05. The minimum absolute atomic E-state index is 0.204. The molecule has 1 aromatic carbocycles. The van der Waals surface area contributed by atoms with Crippen LogP contribution in [0.1, 0.15) is 47.2 Å². The van der Waals surface area contributed by atoms with Gasteiger partial charge in [0.2, 0.25) is 0 Å². The van der Waals surface area contributed by atoms with Crippen LogP contribution in [0, 0.1) is 13.8 Å². The molecule has 0 radical (unpaired) electrons. The molecule has 1 aromatic rings. The lowest BCUT2D eigenvalue weighted by atomic mass is 10.1. The van der Waals surface area contributed by atoms with Crippen molar-refractivity contribution in [1.29, 1.82) is 0 Å². The maximum absolute atomic E-state index is 12.3. The fourth-order valence-corrected chi connectivity index (χ4v) is 2.33. The van der Waals surface area contributed by atoms with E-state index in [1.807, 2.05) is 23.1 Å². The first-order valence-electron chi connectivity index (χ1n) is 7.05. The molecule has 104 valence electrons. The van der Waals surface area contributed by atoms with Gasteiger partial charge in [-0.3, -0.25) is 4.79 Å². The van der Waals surface area contributed by atoms with E-state index in [9.17, 15) is 4.79 Å². The minimum atomic E-state index is 0.204. The number of amides is 1. The number of hydrogen-bond acceptors (Lipinski definition) is 1. The van der Waals surface area contributed by atoms with Crippen LogP contribution in [-0.2, 0) is 0 Å². The average Bonchev–Trinajstić information content (AvgIpc) is 2.72. The summed E-state index contributed by atoms with van der Waals surface area (Å²) in [5.41, 5.74) is 3.29. The molecular weight excluding hydrogens is 234 g/mol. The van der Waals surface area contributed by atoms with Crippen LogP contribution < -0.4 is 0 Å². The number of rotatable bonds is 1. The predicted octanol–water partition coefficient (Wildman–Crippen LogP) is 4.12. The molecule has 0 aliphatic carbocycles. The first kappa shape index (κ1) is 15.5. The van der Waals surface area contributed by atoms with E-state index >= 15 is 0 Å². The van der Waals surface area contributed by atoms with Gasteiger partial charge >= 0.3 is 0 Å². The van der Waals surface area contributed by atoms with E-state index in [1.54, 1.807) is 0 Å². The van der Waals surface area contributed by atoms with Gasteiger partial charge in [0.15, 0.2) is 0 Å². The molecule has 2 rings (SSSR count). The van der Waals surface area contributed by atoms with Gasteiger partial charge in [-0.15, -0.1) is 13.2 Å². The number of carbonyl (C=O) groups excluding carboxylic acids is 1. The minimum Gasteiger partial charge on any atom is -0.339 e. The molecule has 1 fully saturated rings. The molecule has 1 aliphatic rings. The van der Waals surface area contributed by atoms with Gasteiger partial charge in [0.05, 0.1) is 0 Å². The van der Waals surface area contributed by atoms with Crippen molar-refractivity contribution in [2.24, 2.45) is 0 Å². The summed E-state index contributed by atoms with van der Waals surface area (Å²) in [6.07, 6.45) is 4.82. The van der Waals surface area contributed by atoms with E-state index in [0.717, 1.165) is 31.5 Å². The number of benzene rings is 1. The second-order valence-corrected chi connectivity index (χ2v) is 5.01. The third-order valence-electron chi connectivity index (χ3n) is 3.65. The molecule has 0 unspecified atom stereocenters. The third kappa shape index (κ3) is 4.23. The summed E-state index contributed by atoms with van der Waals surface area (Å²) < 4.78 is 0. The molecule has 1 aliphatic heterocycles. The Morgan fingerprint density at radius 2 is 1.58 bits per heavy atom. The molecule has 0 aromatic heterocycles. The van der Waals surface area contributed by atoms with Crippen LogP contribution in [0.5, 0.6) is 0 Å². The lowest BCUT2D eigenvalue weighted by molar-refractivity contribution is 0.0761. The van der Waals surface area contributed by atoms with Gasteiger partial charge in [0, 0.05) is 18.7 Å². The molecule has 0 N–H and O–H groups in total. The van der Waals surface area contributed by atoms with Crippen LogP contribution in [-0.4, -0.2) is 23.9 Å². The van der Waals surface area contributed by atoms with E-state index < -0.39 is 0 Å². The molecular formula is C17H25NO. The molecule has 2 heteroatoms. The Bertz CT molecular complexity index is 417. The summed E-state index contributed by atoms with van der Waals surface area (Å²) in [4.78, 5) is 14.4. The van der Waals surface area contributed by atoms with Gasteiger partial charge in [-0.05, 0) is 49.9 Å². The van der Waals surface area contributed by atoms with Crippen molar-refractivity contribution in [2.75, 3.05) is 13.1 Å². The zero-order valence-corrected chi connectivity index (χ0v) is 12.2. The van der Waals surface area contributed by atoms with Gasteiger partial charge in [0.25, 0.3) is 5.91 Å². The van der Waals surface area contributed by atoms with Crippen LogP contribution in [0.25, 0.3) is 0 Å². The average molecular weight is 259 g/mol. The van der Waals surface area contributed by atoms with Crippen LogP contribution in [0.4, 0.5) is 0 Å². The second-order valence-electron chi connectivity index (χ2n) is 5.01. The zero-order valence-electron chi connectivity index (χ0n) is 12.2. The second kappa shape index (κ2) is 7.78. The van der Waals surface area contributed by atoms with Gasteiger partial charge in [-0.1, -0.05) is 18.9 Å². The van der Waals surface area contributed by atoms with E-state index in [1.165, 1.54) is 24.0 Å². The van der Waals surface area contributed by atoms with Crippen molar-refractivity contribution < 1.29 is 4.79 Å². The number of aryl methyl sites for hydroxylation is 2. The third-order valence-corrected chi connectivity index (χ3v) is 3.65. The van der Waals surface area contributed by atoms with Crippen LogP contribution in [0.3, 0.4) is 0 Å². The van der Waals surface area contributed by atoms with Crippen LogP contribution in [0.2, 0.25) is 0 Å². The monoisotopic (exact) mass is 259 g/mol. The van der Waals surface area contributed by atoms with Crippen molar-refractivity contribution in [3.8, 4) is 0 Å². The van der Waals surface area contributed by atoms with Crippen molar-refractivity contribution in [1.82, 2.24) is 4.90 Å². The highest BCUT2D eigenvalue weighted by molar-refractivity contribution is 5.94. The lowest BCUT2D eigenvalue weighted by Crippen LogP contribution is -2.31. The molecule has 0 atom stereocenters. The largest absolute Gasteiger partial charge is 0.339 e. The van der Waals surface area contributed by atoms with Crippen LogP contribution >= 0.6 is 0 Å². The van der Waals surface area contributed by atoms with E-state index in [4.69, 9.17) is 0 Å². The van der Waals surface area contributed by atoms with Crippen molar-refractivity contribution in [3.63, 3.8) is 0 Å². The summed E-state index contributed by atoms with van der Waals surface area (Å²) >= 11 is 0. The van der Waals surface area contributed by atoms with Gasteiger partial charge in [-0.25, -0.2) is 0 Å². The maximum Gasteiger partial charge on any atom is 0.253 e. The number of carbonyl (C=O) groups is 1.